The van der Waals surface area contributed by atoms with Gasteiger partial charge < -0.3 is 10.1 Å². The van der Waals surface area contributed by atoms with Gasteiger partial charge in [-0.1, -0.05) is 6.42 Å². The molecular weight excluding hydrogens is 238 g/mol. The van der Waals surface area contributed by atoms with E-state index in [9.17, 15) is 0 Å². The van der Waals surface area contributed by atoms with E-state index >= 15 is 0 Å². The Hall–Kier alpha value is -1.00. The summed E-state index contributed by atoms with van der Waals surface area (Å²) in [5.41, 5.74) is 2.42. The Morgan fingerprint density at radius 2 is 2.21 bits per heavy atom. The first kappa shape index (κ1) is 13.0. The molecule has 1 aromatic rings. The van der Waals surface area contributed by atoms with Crippen LogP contribution < -0.4 is 5.32 Å². The van der Waals surface area contributed by atoms with Gasteiger partial charge in [0.25, 0.3) is 0 Å². The summed E-state index contributed by atoms with van der Waals surface area (Å²) in [4.78, 5) is 8.69. The van der Waals surface area contributed by atoms with Crippen molar-refractivity contribution in [3.63, 3.8) is 0 Å². The fraction of sp³-hybridized carbons (Fsp3) is 0.733. The van der Waals surface area contributed by atoms with Gasteiger partial charge in [-0.25, -0.2) is 0 Å². The molecule has 2 aliphatic rings. The SMILES string of the molecule is CCOC1CC(NCc2cnc(C)cn2)C12CCC2. The standard InChI is InChI=1S/C15H23N3O/c1-3-19-14-7-13(15(14)5-4-6-15)18-10-12-9-16-11(2)8-17-12/h8-9,13-14,18H,3-7,10H2,1-2H3. The van der Waals surface area contributed by atoms with E-state index in [0.29, 0.717) is 17.6 Å². The third-order valence-corrected chi connectivity index (χ3v) is 4.80. The fourth-order valence-electron chi connectivity index (χ4n) is 3.46. The fourth-order valence-corrected chi connectivity index (χ4v) is 3.46. The molecule has 2 fully saturated rings. The molecule has 104 valence electrons. The van der Waals surface area contributed by atoms with Gasteiger partial charge in [0.2, 0.25) is 0 Å². The van der Waals surface area contributed by atoms with Crippen LogP contribution in [0.3, 0.4) is 0 Å². The molecule has 3 rings (SSSR count). The molecule has 4 nitrogen and oxygen atoms in total. The highest BCUT2D eigenvalue weighted by atomic mass is 16.5. The summed E-state index contributed by atoms with van der Waals surface area (Å²) >= 11 is 0. The van der Waals surface area contributed by atoms with Gasteiger partial charge >= 0.3 is 0 Å². The second-order valence-corrected chi connectivity index (χ2v) is 5.85. The second kappa shape index (κ2) is 5.17. The summed E-state index contributed by atoms with van der Waals surface area (Å²) in [7, 11) is 0. The number of aromatic nitrogens is 2. The van der Waals surface area contributed by atoms with Crippen molar-refractivity contribution in [3.05, 3.63) is 23.8 Å². The molecule has 0 aliphatic heterocycles. The Labute approximate surface area is 115 Å². The van der Waals surface area contributed by atoms with Crippen LogP contribution in [0, 0.1) is 12.3 Å². The summed E-state index contributed by atoms with van der Waals surface area (Å²) in [6, 6.07) is 0.598. The quantitative estimate of drug-likeness (QED) is 0.883. The molecule has 2 saturated carbocycles. The average molecular weight is 261 g/mol. The van der Waals surface area contributed by atoms with Gasteiger partial charge in [0.1, 0.15) is 0 Å². The minimum atomic E-state index is 0.425. The average Bonchev–Trinajstić information content (AvgIpc) is 2.33. The van der Waals surface area contributed by atoms with E-state index in [4.69, 9.17) is 4.74 Å². The molecule has 2 unspecified atom stereocenters. The van der Waals surface area contributed by atoms with Crippen molar-refractivity contribution in [1.82, 2.24) is 15.3 Å². The number of rotatable bonds is 5. The van der Waals surface area contributed by atoms with Crippen molar-refractivity contribution in [2.75, 3.05) is 6.61 Å². The lowest BCUT2D eigenvalue weighted by Gasteiger charge is -2.61. The third kappa shape index (κ3) is 2.28. The lowest BCUT2D eigenvalue weighted by molar-refractivity contribution is -0.173. The van der Waals surface area contributed by atoms with Crippen molar-refractivity contribution in [2.24, 2.45) is 5.41 Å². The summed E-state index contributed by atoms with van der Waals surface area (Å²) in [6.45, 7) is 5.71. The van der Waals surface area contributed by atoms with Crippen molar-refractivity contribution in [2.45, 2.75) is 58.2 Å². The Kier molecular flexibility index (Phi) is 3.54. The van der Waals surface area contributed by atoms with Crippen LogP contribution in [-0.2, 0) is 11.3 Å². The Morgan fingerprint density at radius 3 is 2.79 bits per heavy atom. The van der Waals surface area contributed by atoms with Gasteiger partial charge in [0, 0.05) is 37.0 Å². The van der Waals surface area contributed by atoms with E-state index in [-0.39, 0.29) is 0 Å². The zero-order chi connectivity index (χ0) is 13.3. The van der Waals surface area contributed by atoms with Crippen LogP contribution in [0.1, 0.15) is 44.0 Å². The molecule has 1 spiro atoms. The highest BCUT2D eigenvalue weighted by Gasteiger charge is 2.58. The largest absolute Gasteiger partial charge is 0.378 e. The zero-order valence-corrected chi connectivity index (χ0v) is 11.9. The number of hydrogen-bond donors (Lipinski definition) is 1. The monoisotopic (exact) mass is 261 g/mol. The van der Waals surface area contributed by atoms with Crippen LogP contribution in [0.25, 0.3) is 0 Å². The molecule has 19 heavy (non-hydrogen) atoms. The maximum atomic E-state index is 5.87. The Bertz CT molecular complexity index is 428. The van der Waals surface area contributed by atoms with E-state index in [1.54, 1.807) is 0 Å². The molecule has 0 radical (unpaired) electrons. The summed E-state index contributed by atoms with van der Waals surface area (Å²) < 4.78 is 5.87. The number of ether oxygens (including phenoxy) is 1. The van der Waals surface area contributed by atoms with Gasteiger partial charge in [-0.2, -0.15) is 0 Å². The zero-order valence-electron chi connectivity index (χ0n) is 11.9. The Balaban J connectivity index is 1.55. The highest BCUT2D eigenvalue weighted by molar-refractivity contribution is 5.12. The number of hydrogen-bond acceptors (Lipinski definition) is 4. The molecule has 1 heterocycles. The van der Waals surface area contributed by atoms with Gasteiger partial charge in [0.15, 0.2) is 0 Å². The van der Waals surface area contributed by atoms with Crippen LogP contribution in [0.4, 0.5) is 0 Å². The van der Waals surface area contributed by atoms with Gasteiger partial charge in [-0.05, 0) is 33.1 Å². The molecule has 0 bridgehead atoms. The van der Waals surface area contributed by atoms with Crippen molar-refractivity contribution in [1.29, 1.82) is 0 Å². The normalized spacial score (nSPS) is 27.9. The molecule has 0 amide bonds. The molecule has 2 atom stereocenters. The first-order valence-electron chi connectivity index (χ1n) is 7.37. The maximum Gasteiger partial charge on any atom is 0.0724 e. The predicted molar refractivity (Wildman–Crippen MR) is 73.7 cm³/mol. The molecule has 0 aromatic carbocycles. The number of nitrogens with one attached hydrogen (secondary N) is 1. The lowest BCUT2D eigenvalue weighted by Crippen LogP contribution is -2.66. The molecule has 2 aliphatic carbocycles. The van der Waals surface area contributed by atoms with Crippen LogP contribution in [0.5, 0.6) is 0 Å². The molecule has 4 heteroatoms. The summed E-state index contributed by atoms with van der Waals surface area (Å²) in [5.74, 6) is 0. The first-order chi connectivity index (χ1) is 9.24. The van der Waals surface area contributed by atoms with Crippen molar-refractivity contribution < 1.29 is 4.74 Å². The van der Waals surface area contributed by atoms with E-state index in [0.717, 1.165) is 31.0 Å². The topological polar surface area (TPSA) is 47.0 Å². The van der Waals surface area contributed by atoms with Crippen molar-refractivity contribution in [3.8, 4) is 0 Å². The summed E-state index contributed by atoms with van der Waals surface area (Å²) in [6.07, 6.45) is 9.31. The second-order valence-electron chi connectivity index (χ2n) is 5.85. The number of aryl methyl sites for hydroxylation is 1. The van der Waals surface area contributed by atoms with Crippen molar-refractivity contribution >= 4 is 0 Å². The maximum absolute atomic E-state index is 5.87. The first-order valence-corrected chi connectivity index (χ1v) is 7.37. The molecule has 1 aromatic heterocycles. The minimum absolute atomic E-state index is 0.425. The van der Waals surface area contributed by atoms with Crippen LogP contribution in [-0.4, -0.2) is 28.7 Å². The van der Waals surface area contributed by atoms with E-state index in [1.165, 1.54) is 19.3 Å². The van der Waals surface area contributed by atoms with Crippen LogP contribution in [0.2, 0.25) is 0 Å². The number of nitrogens with zero attached hydrogens (tertiary/aromatic N) is 2. The molecular formula is C15H23N3O. The highest BCUT2D eigenvalue weighted by Crippen LogP contribution is 2.57. The van der Waals surface area contributed by atoms with Gasteiger partial charge in [-0.15, -0.1) is 0 Å². The van der Waals surface area contributed by atoms with E-state index in [2.05, 4.69) is 22.2 Å². The Morgan fingerprint density at radius 1 is 1.37 bits per heavy atom. The van der Waals surface area contributed by atoms with Crippen LogP contribution in [0.15, 0.2) is 12.4 Å². The van der Waals surface area contributed by atoms with E-state index in [1.807, 2.05) is 19.3 Å². The summed E-state index contributed by atoms with van der Waals surface area (Å²) in [5, 5.41) is 3.65. The molecule has 0 saturated heterocycles. The van der Waals surface area contributed by atoms with Gasteiger partial charge in [0.05, 0.1) is 17.5 Å². The smallest absolute Gasteiger partial charge is 0.0724 e. The minimum Gasteiger partial charge on any atom is -0.378 e. The van der Waals surface area contributed by atoms with Crippen LogP contribution >= 0.6 is 0 Å². The molecule has 1 N–H and O–H groups in total. The third-order valence-electron chi connectivity index (χ3n) is 4.80. The van der Waals surface area contributed by atoms with Gasteiger partial charge in [-0.3, -0.25) is 9.97 Å². The van der Waals surface area contributed by atoms with E-state index < -0.39 is 0 Å². The lowest BCUT2D eigenvalue weighted by atomic mass is 9.51. The predicted octanol–water partition coefficient (Wildman–Crippen LogP) is 2.22.